The number of para-hydroxylation sites is 3. The van der Waals surface area contributed by atoms with Crippen molar-refractivity contribution in [3.05, 3.63) is 59.9 Å². The van der Waals surface area contributed by atoms with Gasteiger partial charge in [-0.15, -0.1) is 0 Å². The number of carbonyl (C=O) groups is 2. The highest BCUT2D eigenvalue weighted by molar-refractivity contribution is 6.09. The van der Waals surface area contributed by atoms with E-state index in [-0.39, 0.29) is 24.1 Å². The van der Waals surface area contributed by atoms with Crippen molar-refractivity contribution in [2.75, 3.05) is 37.7 Å². The van der Waals surface area contributed by atoms with Gasteiger partial charge in [0.2, 0.25) is 0 Å². The lowest BCUT2D eigenvalue weighted by Crippen LogP contribution is -2.54. The average Bonchev–Trinajstić information content (AvgIpc) is 3.14. The van der Waals surface area contributed by atoms with Gasteiger partial charge in [-0.2, -0.15) is 0 Å². The molecule has 2 aliphatic heterocycles. The maximum Gasteiger partial charge on any atom is 0.294 e. The molecular weight excluding hydrogens is 384 g/mol. The van der Waals surface area contributed by atoms with Crippen LogP contribution in [0.2, 0.25) is 0 Å². The van der Waals surface area contributed by atoms with E-state index < -0.39 is 6.10 Å². The minimum atomic E-state index is -0.772. The molecule has 1 atom stereocenters. The molecule has 154 valence electrons. The predicted octanol–water partition coefficient (Wildman–Crippen LogP) is 3.01. The number of fused-ring (bicyclic) bond motifs is 2. The number of morpholine rings is 1. The smallest absolute Gasteiger partial charge is 0.294 e. The van der Waals surface area contributed by atoms with Gasteiger partial charge < -0.3 is 18.8 Å². The molecule has 0 unspecified atom stereocenters. The summed E-state index contributed by atoms with van der Waals surface area (Å²) in [6.45, 7) is 4.07. The summed E-state index contributed by atoms with van der Waals surface area (Å²) in [6.07, 6.45) is -0.772. The first-order valence-corrected chi connectivity index (χ1v) is 10.1. The third-order valence-electron chi connectivity index (χ3n) is 5.65. The lowest BCUT2D eigenvalue weighted by atomic mass is 10.1. The molecule has 0 aliphatic carbocycles. The molecule has 1 saturated heterocycles. The van der Waals surface area contributed by atoms with E-state index in [1.807, 2.05) is 49.4 Å². The highest BCUT2D eigenvalue weighted by atomic mass is 16.5. The van der Waals surface area contributed by atoms with E-state index in [2.05, 4.69) is 0 Å². The van der Waals surface area contributed by atoms with Gasteiger partial charge in [0.25, 0.3) is 11.8 Å². The first-order valence-electron chi connectivity index (χ1n) is 10.1. The Morgan fingerprint density at radius 2 is 1.73 bits per heavy atom. The molecule has 2 amide bonds. The van der Waals surface area contributed by atoms with Gasteiger partial charge in [-0.05, 0) is 25.1 Å². The zero-order valence-electron chi connectivity index (χ0n) is 16.7. The number of aryl methyl sites for hydroxylation is 1. The van der Waals surface area contributed by atoms with Crippen molar-refractivity contribution in [2.45, 2.75) is 13.0 Å². The summed E-state index contributed by atoms with van der Waals surface area (Å²) in [4.78, 5) is 29.9. The molecule has 3 aromatic rings. The van der Waals surface area contributed by atoms with Crippen molar-refractivity contribution < 1.29 is 23.5 Å². The summed E-state index contributed by atoms with van der Waals surface area (Å²) in [5.41, 5.74) is 2.09. The van der Waals surface area contributed by atoms with Crippen molar-refractivity contribution in [1.29, 1.82) is 0 Å². The van der Waals surface area contributed by atoms with E-state index in [0.29, 0.717) is 43.3 Å². The number of furan rings is 1. The number of ether oxygens (including phenoxy) is 2. The minimum Gasteiger partial charge on any atom is -0.476 e. The second-order valence-corrected chi connectivity index (χ2v) is 7.48. The third-order valence-corrected chi connectivity index (χ3v) is 5.65. The van der Waals surface area contributed by atoms with Crippen LogP contribution in [0.1, 0.15) is 16.1 Å². The van der Waals surface area contributed by atoms with Crippen LogP contribution >= 0.6 is 0 Å². The Morgan fingerprint density at radius 1 is 1.00 bits per heavy atom. The van der Waals surface area contributed by atoms with Gasteiger partial charge in [0, 0.05) is 24.0 Å². The molecular formula is C23H22N2O5. The molecule has 7 nitrogen and oxygen atoms in total. The van der Waals surface area contributed by atoms with E-state index in [1.54, 1.807) is 15.9 Å². The SMILES string of the molecule is Cc1c(C(=O)N2C[C@H](C(=O)N3CCOCC3)Oc3ccccc32)oc2ccccc12. The van der Waals surface area contributed by atoms with Crippen LogP contribution < -0.4 is 9.64 Å². The molecule has 0 N–H and O–H groups in total. The molecule has 0 radical (unpaired) electrons. The largest absolute Gasteiger partial charge is 0.476 e. The van der Waals surface area contributed by atoms with Gasteiger partial charge in [0.1, 0.15) is 11.3 Å². The second-order valence-electron chi connectivity index (χ2n) is 7.48. The van der Waals surface area contributed by atoms with Gasteiger partial charge in [0.05, 0.1) is 25.4 Å². The fourth-order valence-corrected chi connectivity index (χ4v) is 4.04. The standard InChI is InChI=1S/C23H22N2O5/c1-15-16-6-2-4-8-18(16)30-21(15)23(27)25-14-20(22(26)24-10-12-28-13-11-24)29-19-9-5-3-7-17(19)25/h2-9,20H,10-14H2,1H3/t20-/m1/s1. The van der Waals surface area contributed by atoms with Crippen molar-refractivity contribution in [3.8, 4) is 5.75 Å². The number of hydrogen-bond donors (Lipinski definition) is 0. The zero-order valence-corrected chi connectivity index (χ0v) is 16.7. The number of amides is 2. The molecule has 2 aliphatic rings. The van der Waals surface area contributed by atoms with Crippen LogP contribution in [-0.2, 0) is 9.53 Å². The first-order chi connectivity index (χ1) is 14.6. The summed E-state index contributed by atoms with van der Waals surface area (Å²) in [5.74, 6) is 0.383. The molecule has 1 fully saturated rings. The summed E-state index contributed by atoms with van der Waals surface area (Å²) in [5, 5.41) is 0.906. The molecule has 0 spiro atoms. The Bertz CT molecular complexity index is 1120. The van der Waals surface area contributed by atoms with E-state index in [4.69, 9.17) is 13.9 Å². The fourth-order valence-electron chi connectivity index (χ4n) is 4.04. The molecule has 0 bridgehead atoms. The van der Waals surface area contributed by atoms with E-state index in [0.717, 1.165) is 10.9 Å². The Labute approximate surface area is 173 Å². The number of anilines is 1. The summed E-state index contributed by atoms with van der Waals surface area (Å²) < 4.78 is 17.2. The molecule has 0 saturated carbocycles. The van der Waals surface area contributed by atoms with Crippen LogP contribution in [0.5, 0.6) is 5.75 Å². The topological polar surface area (TPSA) is 72.2 Å². The maximum absolute atomic E-state index is 13.5. The highest BCUT2D eigenvalue weighted by Crippen LogP contribution is 2.36. The van der Waals surface area contributed by atoms with Gasteiger partial charge >= 0.3 is 0 Å². The van der Waals surface area contributed by atoms with E-state index >= 15 is 0 Å². The van der Waals surface area contributed by atoms with Gasteiger partial charge in [0.15, 0.2) is 11.9 Å². The molecule has 5 rings (SSSR count). The van der Waals surface area contributed by atoms with Gasteiger partial charge in [-0.3, -0.25) is 14.5 Å². The van der Waals surface area contributed by atoms with Crippen molar-refractivity contribution in [2.24, 2.45) is 0 Å². The summed E-state index contributed by atoms with van der Waals surface area (Å²) >= 11 is 0. The van der Waals surface area contributed by atoms with Gasteiger partial charge in [-0.25, -0.2) is 0 Å². The van der Waals surface area contributed by atoms with Crippen LogP contribution in [0.15, 0.2) is 52.9 Å². The maximum atomic E-state index is 13.5. The van der Waals surface area contributed by atoms with E-state index in [1.165, 1.54) is 0 Å². The lowest BCUT2D eigenvalue weighted by Gasteiger charge is -2.37. The van der Waals surface area contributed by atoms with Crippen LogP contribution in [0.3, 0.4) is 0 Å². The quantitative estimate of drug-likeness (QED) is 0.654. The number of carbonyl (C=O) groups excluding carboxylic acids is 2. The number of hydrogen-bond acceptors (Lipinski definition) is 5. The van der Waals surface area contributed by atoms with Crippen molar-refractivity contribution >= 4 is 28.5 Å². The van der Waals surface area contributed by atoms with Crippen LogP contribution in [0, 0.1) is 6.92 Å². The monoisotopic (exact) mass is 406 g/mol. The number of rotatable bonds is 2. The highest BCUT2D eigenvalue weighted by Gasteiger charge is 2.38. The zero-order chi connectivity index (χ0) is 20.7. The minimum absolute atomic E-state index is 0.128. The molecule has 30 heavy (non-hydrogen) atoms. The van der Waals surface area contributed by atoms with Gasteiger partial charge in [-0.1, -0.05) is 30.3 Å². The van der Waals surface area contributed by atoms with Crippen LogP contribution in [-0.4, -0.2) is 55.7 Å². The summed E-state index contributed by atoms with van der Waals surface area (Å²) in [6, 6.07) is 14.8. The van der Waals surface area contributed by atoms with E-state index in [9.17, 15) is 9.59 Å². The van der Waals surface area contributed by atoms with Crippen LogP contribution in [0.4, 0.5) is 5.69 Å². The van der Waals surface area contributed by atoms with Crippen molar-refractivity contribution in [3.63, 3.8) is 0 Å². The number of nitrogens with zero attached hydrogens (tertiary/aromatic N) is 2. The third kappa shape index (κ3) is 3.11. The first kappa shape index (κ1) is 18.7. The van der Waals surface area contributed by atoms with Crippen molar-refractivity contribution in [1.82, 2.24) is 4.90 Å². The summed E-state index contributed by atoms with van der Waals surface area (Å²) in [7, 11) is 0. The Hall–Kier alpha value is -3.32. The molecule has 7 heteroatoms. The molecule has 2 aromatic carbocycles. The second kappa shape index (κ2) is 7.50. The van der Waals surface area contributed by atoms with Crippen LogP contribution in [0.25, 0.3) is 11.0 Å². The number of benzene rings is 2. The Kier molecular flexibility index (Phi) is 4.67. The fraction of sp³-hybridized carbons (Fsp3) is 0.304. The lowest BCUT2D eigenvalue weighted by molar-refractivity contribution is -0.142. The molecule has 3 heterocycles. The average molecular weight is 406 g/mol. The molecule has 1 aromatic heterocycles. The predicted molar refractivity (Wildman–Crippen MR) is 111 cm³/mol. The Morgan fingerprint density at radius 3 is 2.53 bits per heavy atom. The normalized spacial score (nSPS) is 18.8. The Balaban J connectivity index is 1.50.